The van der Waals surface area contributed by atoms with Crippen molar-refractivity contribution >= 4 is 32.9 Å². The van der Waals surface area contributed by atoms with Gasteiger partial charge in [0, 0.05) is 22.0 Å². The van der Waals surface area contributed by atoms with Crippen LogP contribution in [0.5, 0.6) is 0 Å². The normalized spacial score (nSPS) is 11.8. The van der Waals surface area contributed by atoms with Gasteiger partial charge in [0.05, 0.1) is 11.0 Å². The summed E-state index contributed by atoms with van der Waals surface area (Å²) in [6.07, 6.45) is 0. The van der Waals surface area contributed by atoms with Crippen molar-refractivity contribution in [1.82, 2.24) is 9.55 Å². The van der Waals surface area contributed by atoms with E-state index in [-0.39, 0.29) is 0 Å². The molecule has 150 valence electrons. The SMILES string of the molecule is CC(C)c1ccc2c(c1)c1ccccc1n2-c1ccc(-c2nc3ccccc3o2)cc1. The number of benzene rings is 4. The Balaban J connectivity index is 1.51. The van der Waals surface area contributed by atoms with E-state index in [0.717, 1.165) is 22.4 Å². The molecule has 6 rings (SSSR count). The molecule has 0 radical (unpaired) electrons. The number of oxazole rings is 1. The fourth-order valence-electron chi connectivity index (χ4n) is 4.38. The van der Waals surface area contributed by atoms with Gasteiger partial charge >= 0.3 is 0 Å². The maximum atomic E-state index is 5.94. The second-order valence-corrected chi connectivity index (χ2v) is 8.32. The van der Waals surface area contributed by atoms with E-state index in [0.29, 0.717) is 11.8 Å². The summed E-state index contributed by atoms with van der Waals surface area (Å²) in [4.78, 5) is 4.63. The molecule has 0 bridgehead atoms. The molecule has 4 aromatic carbocycles. The summed E-state index contributed by atoms with van der Waals surface area (Å²) in [5.74, 6) is 1.15. The van der Waals surface area contributed by atoms with Crippen molar-refractivity contribution in [3.63, 3.8) is 0 Å². The van der Waals surface area contributed by atoms with Gasteiger partial charge in [-0.1, -0.05) is 50.2 Å². The quantitative estimate of drug-likeness (QED) is 0.303. The lowest BCUT2D eigenvalue weighted by Gasteiger charge is -2.09. The van der Waals surface area contributed by atoms with Gasteiger partial charge in [-0.25, -0.2) is 4.98 Å². The Morgan fingerprint density at radius 1 is 0.742 bits per heavy atom. The topological polar surface area (TPSA) is 31.0 Å². The Morgan fingerprint density at radius 3 is 2.29 bits per heavy atom. The van der Waals surface area contributed by atoms with E-state index in [1.807, 2.05) is 24.3 Å². The maximum Gasteiger partial charge on any atom is 0.227 e. The van der Waals surface area contributed by atoms with Crippen molar-refractivity contribution in [2.45, 2.75) is 19.8 Å². The lowest BCUT2D eigenvalue weighted by molar-refractivity contribution is 0.620. The molecule has 3 nitrogen and oxygen atoms in total. The highest BCUT2D eigenvalue weighted by molar-refractivity contribution is 6.09. The monoisotopic (exact) mass is 402 g/mol. The van der Waals surface area contributed by atoms with Crippen LogP contribution in [0.2, 0.25) is 0 Å². The Labute approximate surface area is 180 Å². The van der Waals surface area contributed by atoms with Gasteiger partial charge in [0.25, 0.3) is 0 Å². The first-order valence-electron chi connectivity index (χ1n) is 10.7. The summed E-state index contributed by atoms with van der Waals surface area (Å²) in [6, 6.07) is 31.8. The number of hydrogen-bond acceptors (Lipinski definition) is 2. The van der Waals surface area contributed by atoms with E-state index in [1.165, 1.54) is 27.4 Å². The molecule has 0 saturated carbocycles. The predicted octanol–water partition coefficient (Wildman–Crippen LogP) is 7.72. The second kappa shape index (κ2) is 6.85. The van der Waals surface area contributed by atoms with Crippen molar-refractivity contribution in [3.8, 4) is 17.1 Å². The third-order valence-corrected chi connectivity index (χ3v) is 6.03. The summed E-state index contributed by atoms with van der Waals surface area (Å²) in [6.45, 7) is 4.48. The molecular weight excluding hydrogens is 380 g/mol. The van der Waals surface area contributed by atoms with E-state index in [4.69, 9.17) is 4.42 Å². The summed E-state index contributed by atoms with van der Waals surface area (Å²) in [5, 5.41) is 2.58. The number of aromatic nitrogens is 2. The van der Waals surface area contributed by atoms with Gasteiger partial charge in [0.2, 0.25) is 5.89 Å². The predicted molar refractivity (Wildman–Crippen MR) is 128 cm³/mol. The van der Waals surface area contributed by atoms with Crippen molar-refractivity contribution in [2.75, 3.05) is 0 Å². The molecule has 0 atom stereocenters. The van der Waals surface area contributed by atoms with Crippen LogP contribution in [-0.2, 0) is 0 Å². The number of nitrogens with zero attached hydrogens (tertiary/aromatic N) is 2. The first-order valence-corrected chi connectivity index (χ1v) is 10.7. The largest absolute Gasteiger partial charge is 0.436 e. The van der Waals surface area contributed by atoms with Gasteiger partial charge in [0.15, 0.2) is 5.58 Å². The molecule has 0 saturated heterocycles. The van der Waals surface area contributed by atoms with Crippen LogP contribution in [0.1, 0.15) is 25.3 Å². The van der Waals surface area contributed by atoms with Gasteiger partial charge in [-0.3, -0.25) is 0 Å². The van der Waals surface area contributed by atoms with Crippen LogP contribution in [0.3, 0.4) is 0 Å². The average molecular weight is 402 g/mol. The number of rotatable bonds is 3. The van der Waals surface area contributed by atoms with Crippen LogP contribution in [0.25, 0.3) is 50.0 Å². The highest BCUT2D eigenvalue weighted by Gasteiger charge is 2.14. The maximum absolute atomic E-state index is 5.94. The molecule has 31 heavy (non-hydrogen) atoms. The summed E-state index contributed by atoms with van der Waals surface area (Å²) in [5.41, 5.74) is 7.59. The Morgan fingerprint density at radius 2 is 1.48 bits per heavy atom. The highest BCUT2D eigenvalue weighted by Crippen LogP contribution is 2.34. The smallest absolute Gasteiger partial charge is 0.227 e. The van der Waals surface area contributed by atoms with E-state index in [1.54, 1.807) is 0 Å². The molecule has 2 heterocycles. The number of fused-ring (bicyclic) bond motifs is 4. The Kier molecular flexibility index (Phi) is 3.97. The lowest BCUT2D eigenvalue weighted by Crippen LogP contribution is -1.94. The first kappa shape index (κ1) is 18.0. The van der Waals surface area contributed by atoms with Gasteiger partial charge < -0.3 is 8.98 Å². The minimum Gasteiger partial charge on any atom is -0.436 e. The first-order chi connectivity index (χ1) is 15.2. The van der Waals surface area contributed by atoms with Gasteiger partial charge in [-0.15, -0.1) is 0 Å². The Hall–Kier alpha value is -3.85. The summed E-state index contributed by atoms with van der Waals surface area (Å²) >= 11 is 0. The zero-order valence-electron chi connectivity index (χ0n) is 17.5. The zero-order valence-corrected chi connectivity index (χ0v) is 17.5. The second-order valence-electron chi connectivity index (χ2n) is 8.32. The van der Waals surface area contributed by atoms with Crippen LogP contribution >= 0.6 is 0 Å². The van der Waals surface area contributed by atoms with E-state index < -0.39 is 0 Å². The highest BCUT2D eigenvalue weighted by atomic mass is 16.3. The molecule has 2 aromatic heterocycles. The molecule has 0 aliphatic rings. The molecule has 0 aliphatic carbocycles. The van der Waals surface area contributed by atoms with E-state index in [2.05, 4.69) is 90.1 Å². The van der Waals surface area contributed by atoms with Crippen molar-refractivity contribution in [1.29, 1.82) is 0 Å². The van der Waals surface area contributed by atoms with Crippen molar-refractivity contribution in [3.05, 3.63) is 96.6 Å². The van der Waals surface area contributed by atoms with Crippen LogP contribution in [0.4, 0.5) is 0 Å². The van der Waals surface area contributed by atoms with Gasteiger partial charge in [0.1, 0.15) is 5.52 Å². The summed E-state index contributed by atoms with van der Waals surface area (Å²) < 4.78 is 8.28. The molecule has 0 aliphatic heterocycles. The fraction of sp³-hybridized carbons (Fsp3) is 0.107. The minimum absolute atomic E-state index is 0.502. The molecular formula is C28H22N2O. The fourth-order valence-corrected chi connectivity index (χ4v) is 4.38. The van der Waals surface area contributed by atoms with Crippen LogP contribution in [-0.4, -0.2) is 9.55 Å². The van der Waals surface area contributed by atoms with Crippen molar-refractivity contribution < 1.29 is 4.42 Å². The van der Waals surface area contributed by atoms with Gasteiger partial charge in [-0.2, -0.15) is 0 Å². The molecule has 3 heteroatoms. The van der Waals surface area contributed by atoms with E-state index >= 15 is 0 Å². The molecule has 0 amide bonds. The zero-order chi connectivity index (χ0) is 20.9. The molecule has 0 fully saturated rings. The van der Waals surface area contributed by atoms with Crippen LogP contribution in [0.15, 0.2) is 95.4 Å². The van der Waals surface area contributed by atoms with Crippen LogP contribution < -0.4 is 0 Å². The molecule has 6 aromatic rings. The molecule has 0 unspecified atom stereocenters. The van der Waals surface area contributed by atoms with Crippen LogP contribution in [0, 0.1) is 0 Å². The van der Waals surface area contributed by atoms with Crippen molar-refractivity contribution in [2.24, 2.45) is 0 Å². The minimum atomic E-state index is 0.502. The van der Waals surface area contributed by atoms with Gasteiger partial charge in [-0.05, 0) is 66.1 Å². The van der Waals surface area contributed by atoms with E-state index in [9.17, 15) is 0 Å². The third kappa shape index (κ3) is 2.85. The summed E-state index contributed by atoms with van der Waals surface area (Å²) in [7, 11) is 0. The average Bonchev–Trinajstić information content (AvgIpc) is 3.38. The lowest BCUT2D eigenvalue weighted by atomic mass is 10.0. The standard InChI is InChI=1S/C28H22N2O/c1-18(2)20-13-16-26-23(17-20)22-7-3-5-9-25(22)30(26)21-14-11-19(12-15-21)28-29-24-8-4-6-10-27(24)31-28/h3-18H,1-2H3. The Bertz CT molecular complexity index is 1520. The molecule has 0 N–H and O–H groups in total. The number of para-hydroxylation sites is 3. The molecule has 0 spiro atoms. The number of hydrogen-bond donors (Lipinski definition) is 0. The third-order valence-electron chi connectivity index (χ3n) is 6.03.